The normalized spacial score (nSPS) is 9.67. The van der Waals surface area contributed by atoms with Gasteiger partial charge < -0.3 is 14.8 Å². The number of aryl methyl sites for hydroxylation is 1. The molecule has 0 aliphatic rings. The Morgan fingerprint density at radius 1 is 1.28 bits per heavy atom. The van der Waals surface area contributed by atoms with Crippen molar-refractivity contribution in [2.45, 2.75) is 12.8 Å². The molecule has 5 heteroatoms. The molecule has 1 aromatic rings. The van der Waals surface area contributed by atoms with Crippen LogP contribution in [0.25, 0.3) is 0 Å². The lowest BCUT2D eigenvalue weighted by Crippen LogP contribution is -2.25. The van der Waals surface area contributed by atoms with E-state index in [1.54, 1.807) is 7.11 Å². The van der Waals surface area contributed by atoms with Crippen LogP contribution >= 0.6 is 0 Å². The summed E-state index contributed by atoms with van der Waals surface area (Å²) in [5, 5.41) is 2.38. The van der Waals surface area contributed by atoms with Crippen molar-refractivity contribution >= 4 is 11.9 Å². The minimum atomic E-state index is -0.399. The summed E-state index contributed by atoms with van der Waals surface area (Å²) in [6, 6.07) is 7.48. The number of carbonyl (C=O) groups is 2. The first-order chi connectivity index (χ1) is 8.67. The molecule has 0 fully saturated rings. The van der Waals surface area contributed by atoms with Crippen LogP contribution in [0.1, 0.15) is 12.0 Å². The number of carbonyl (C=O) groups excluding carboxylic acids is 2. The predicted molar refractivity (Wildman–Crippen MR) is 66.3 cm³/mol. The third-order valence-electron chi connectivity index (χ3n) is 2.43. The van der Waals surface area contributed by atoms with Crippen LogP contribution < -0.4 is 10.1 Å². The summed E-state index contributed by atoms with van der Waals surface area (Å²) in [6.45, 7) is -0.235. The third-order valence-corrected chi connectivity index (χ3v) is 2.43. The maximum atomic E-state index is 11.4. The first-order valence-electron chi connectivity index (χ1n) is 5.65. The van der Waals surface area contributed by atoms with Crippen molar-refractivity contribution in [2.75, 3.05) is 20.8 Å². The highest BCUT2D eigenvalue weighted by Gasteiger charge is 2.08. The molecule has 0 aliphatic carbocycles. The summed E-state index contributed by atoms with van der Waals surface area (Å²) in [7, 11) is 3.08. The molecule has 1 N–H and O–H groups in total. The Balaban J connectivity index is 2.40. The monoisotopic (exact) mass is 251 g/mol. The van der Waals surface area contributed by atoms with Crippen molar-refractivity contribution in [2.24, 2.45) is 0 Å². The molecule has 0 saturated carbocycles. The summed E-state index contributed by atoms with van der Waals surface area (Å²) < 4.78 is 9.98. The molecular formula is C13H17NO4. The minimum absolute atomic E-state index is 0.220. The van der Waals surface area contributed by atoms with E-state index in [0.29, 0.717) is 6.42 Å². The second-order valence-corrected chi connectivity index (χ2v) is 3.65. The number of para-hydroxylation sites is 1. The van der Waals surface area contributed by atoms with E-state index in [1.807, 2.05) is 24.3 Å². The van der Waals surface area contributed by atoms with Gasteiger partial charge in [0.25, 0.3) is 5.91 Å². The number of hydrogen-bond acceptors (Lipinski definition) is 4. The van der Waals surface area contributed by atoms with Crippen LogP contribution in [0.5, 0.6) is 5.75 Å². The number of rotatable bonds is 6. The van der Waals surface area contributed by atoms with Crippen molar-refractivity contribution < 1.29 is 19.1 Å². The summed E-state index contributed by atoms with van der Waals surface area (Å²) in [6.07, 6.45) is 0.744. The Morgan fingerprint density at radius 3 is 2.67 bits per heavy atom. The second-order valence-electron chi connectivity index (χ2n) is 3.65. The number of benzene rings is 1. The molecule has 0 radical (unpaired) electrons. The third kappa shape index (κ3) is 4.45. The largest absolute Gasteiger partial charge is 0.496 e. The molecule has 1 aromatic carbocycles. The molecule has 0 bridgehead atoms. The number of hydrogen-bond donors (Lipinski definition) is 1. The number of methoxy groups -OCH3 is 1. The number of nitrogens with one attached hydrogen (secondary N) is 1. The van der Waals surface area contributed by atoms with Gasteiger partial charge in [-0.15, -0.1) is 0 Å². The number of amides is 1. The van der Waals surface area contributed by atoms with Crippen LogP contribution in [0.3, 0.4) is 0 Å². The van der Waals surface area contributed by atoms with E-state index in [9.17, 15) is 9.59 Å². The molecule has 0 atom stereocenters. The lowest BCUT2D eigenvalue weighted by Gasteiger charge is -2.07. The van der Waals surface area contributed by atoms with Crippen LogP contribution in [0.4, 0.5) is 0 Å². The average molecular weight is 251 g/mol. The molecule has 18 heavy (non-hydrogen) atoms. The standard InChI is InChI=1S/C13H17NO4/c1-14-12(15)9-18-13(16)8-7-10-5-3-4-6-11(10)17-2/h3-6H,7-9H2,1-2H3,(H,14,15). The fourth-order valence-corrected chi connectivity index (χ4v) is 1.44. The molecule has 98 valence electrons. The van der Waals surface area contributed by atoms with Gasteiger partial charge in [0.15, 0.2) is 6.61 Å². The topological polar surface area (TPSA) is 64.6 Å². The van der Waals surface area contributed by atoms with Gasteiger partial charge in [0, 0.05) is 13.5 Å². The van der Waals surface area contributed by atoms with Crippen molar-refractivity contribution in [3.8, 4) is 5.75 Å². The molecule has 0 aliphatic heterocycles. The van der Waals surface area contributed by atoms with Crippen molar-refractivity contribution in [3.05, 3.63) is 29.8 Å². The van der Waals surface area contributed by atoms with Gasteiger partial charge in [-0.3, -0.25) is 9.59 Å². The van der Waals surface area contributed by atoms with E-state index in [1.165, 1.54) is 7.05 Å². The van der Waals surface area contributed by atoms with Gasteiger partial charge >= 0.3 is 5.97 Å². The van der Waals surface area contributed by atoms with Gasteiger partial charge in [0.05, 0.1) is 7.11 Å². The first-order valence-corrected chi connectivity index (χ1v) is 5.65. The van der Waals surface area contributed by atoms with Crippen molar-refractivity contribution in [3.63, 3.8) is 0 Å². The van der Waals surface area contributed by atoms with Crippen LogP contribution in [-0.4, -0.2) is 32.6 Å². The Morgan fingerprint density at radius 2 is 2.00 bits per heavy atom. The number of esters is 1. The molecule has 1 amide bonds. The summed E-state index contributed by atoms with van der Waals surface area (Å²) in [4.78, 5) is 22.3. The SMILES string of the molecule is CNC(=O)COC(=O)CCc1ccccc1OC. The zero-order valence-electron chi connectivity index (χ0n) is 10.6. The molecule has 0 saturated heterocycles. The predicted octanol–water partition coefficient (Wildman–Crippen LogP) is 0.917. The lowest BCUT2D eigenvalue weighted by molar-refractivity contribution is -0.148. The van der Waals surface area contributed by atoms with E-state index < -0.39 is 5.97 Å². The van der Waals surface area contributed by atoms with Crippen LogP contribution in [-0.2, 0) is 20.7 Å². The summed E-state index contributed by atoms with van der Waals surface area (Å²) >= 11 is 0. The molecule has 1 rings (SSSR count). The van der Waals surface area contributed by atoms with E-state index in [4.69, 9.17) is 9.47 Å². The van der Waals surface area contributed by atoms with E-state index >= 15 is 0 Å². The van der Waals surface area contributed by atoms with E-state index in [2.05, 4.69) is 5.32 Å². The van der Waals surface area contributed by atoms with Crippen LogP contribution in [0, 0.1) is 0 Å². The smallest absolute Gasteiger partial charge is 0.306 e. The Labute approximate surface area is 106 Å². The molecular weight excluding hydrogens is 234 g/mol. The first kappa shape index (κ1) is 14.0. The highest BCUT2D eigenvalue weighted by atomic mass is 16.5. The lowest BCUT2D eigenvalue weighted by atomic mass is 10.1. The van der Waals surface area contributed by atoms with Crippen molar-refractivity contribution in [1.29, 1.82) is 0 Å². The maximum absolute atomic E-state index is 11.4. The highest BCUT2D eigenvalue weighted by Crippen LogP contribution is 2.18. The van der Waals surface area contributed by atoms with E-state index in [-0.39, 0.29) is 18.9 Å². The summed E-state index contributed by atoms with van der Waals surface area (Å²) in [5.74, 6) is 0.0294. The van der Waals surface area contributed by atoms with Gasteiger partial charge in [-0.1, -0.05) is 18.2 Å². The molecule has 0 spiro atoms. The maximum Gasteiger partial charge on any atom is 0.306 e. The van der Waals surface area contributed by atoms with Crippen molar-refractivity contribution in [1.82, 2.24) is 5.32 Å². The second kappa shape index (κ2) is 7.32. The van der Waals surface area contributed by atoms with Gasteiger partial charge in [-0.25, -0.2) is 0 Å². The Hall–Kier alpha value is -2.04. The van der Waals surface area contributed by atoms with Crippen LogP contribution in [0.15, 0.2) is 24.3 Å². The average Bonchev–Trinajstić information content (AvgIpc) is 2.42. The zero-order valence-corrected chi connectivity index (χ0v) is 10.6. The number of likely N-dealkylation sites (N-methyl/N-ethyl adjacent to an activating group) is 1. The van der Waals surface area contributed by atoms with Gasteiger partial charge in [0.1, 0.15) is 5.75 Å². The fourth-order valence-electron chi connectivity index (χ4n) is 1.44. The van der Waals surface area contributed by atoms with Gasteiger partial charge in [-0.2, -0.15) is 0 Å². The molecule has 0 aromatic heterocycles. The quantitative estimate of drug-likeness (QED) is 0.763. The molecule has 0 unspecified atom stereocenters. The zero-order chi connectivity index (χ0) is 13.4. The Bertz CT molecular complexity index is 417. The van der Waals surface area contributed by atoms with Gasteiger partial charge in [0.2, 0.25) is 0 Å². The van der Waals surface area contributed by atoms with Gasteiger partial charge in [-0.05, 0) is 18.1 Å². The molecule has 0 heterocycles. The van der Waals surface area contributed by atoms with E-state index in [0.717, 1.165) is 11.3 Å². The summed E-state index contributed by atoms with van der Waals surface area (Å²) in [5.41, 5.74) is 0.942. The number of ether oxygens (including phenoxy) is 2. The fraction of sp³-hybridized carbons (Fsp3) is 0.385. The minimum Gasteiger partial charge on any atom is -0.496 e. The van der Waals surface area contributed by atoms with Crippen LogP contribution in [0.2, 0.25) is 0 Å². The molecule has 5 nitrogen and oxygen atoms in total. The Kier molecular flexibility index (Phi) is 5.70. The highest BCUT2D eigenvalue weighted by molar-refractivity contribution is 5.80.